The Hall–Kier alpha value is -1.30. The molecule has 29 heavy (non-hydrogen) atoms. The molecule has 8 fully saturated rings. The van der Waals surface area contributed by atoms with E-state index in [-0.39, 0.29) is 0 Å². The van der Waals surface area contributed by atoms with E-state index in [1.54, 1.807) is 24.0 Å². The van der Waals surface area contributed by atoms with Crippen LogP contribution in [-0.4, -0.2) is 0 Å². The topological polar surface area (TPSA) is 0 Å². The van der Waals surface area contributed by atoms with Crippen LogP contribution in [0.15, 0.2) is 47.1 Å². The van der Waals surface area contributed by atoms with Crippen molar-refractivity contribution in [3.63, 3.8) is 0 Å². The van der Waals surface area contributed by atoms with Crippen LogP contribution in [0.4, 0.5) is 0 Å². The van der Waals surface area contributed by atoms with Gasteiger partial charge in [-0.3, -0.25) is 0 Å². The fourth-order valence-electron chi connectivity index (χ4n) is 9.99. The molecular weight excluding hydrogens is 348 g/mol. The molecule has 9 aliphatic rings. The molecule has 0 amide bonds. The van der Waals surface area contributed by atoms with Crippen LogP contribution in [0.1, 0.15) is 69.8 Å². The van der Waals surface area contributed by atoms with Gasteiger partial charge in [0.15, 0.2) is 0 Å². The number of hydrogen-bond acceptors (Lipinski definition) is 0. The summed E-state index contributed by atoms with van der Waals surface area (Å²) in [6.07, 6.45) is 15.2. The van der Waals surface area contributed by atoms with Crippen LogP contribution in [0.2, 0.25) is 0 Å². The predicted octanol–water partition coefficient (Wildman–Crippen LogP) is 7.24. The van der Waals surface area contributed by atoms with E-state index >= 15 is 0 Å². The van der Waals surface area contributed by atoms with E-state index < -0.39 is 0 Å². The number of hydrogen-bond donors (Lipinski definition) is 0. The van der Waals surface area contributed by atoms with Gasteiger partial charge in [0.2, 0.25) is 0 Å². The highest BCUT2D eigenvalue weighted by atomic mass is 14.6. The molecular formula is C29H33. The zero-order valence-corrected chi connectivity index (χ0v) is 17.6. The number of rotatable bonds is 1. The van der Waals surface area contributed by atoms with Crippen LogP contribution < -0.4 is 0 Å². The molecule has 4 unspecified atom stereocenters. The zero-order chi connectivity index (χ0) is 18.7. The largest absolute Gasteiger partial charge is 0.0622 e. The SMILES string of the molecule is c1ccc(C2=C3C(=C4[C]2C2C[C@@H]5CC4C[C@H](C2)C5)C2C[C@H]4CC3C[C@@H](C2)C4)cc1. The third kappa shape index (κ3) is 2.17. The third-order valence-electron chi connectivity index (χ3n) is 10.4. The van der Waals surface area contributed by atoms with E-state index in [1.807, 2.05) is 22.6 Å². The van der Waals surface area contributed by atoms with E-state index in [0.29, 0.717) is 0 Å². The van der Waals surface area contributed by atoms with Crippen LogP contribution in [0, 0.1) is 53.3 Å². The maximum atomic E-state index is 2.45. The Balaban J connectivity index is 1.41. The lowest BCUT2D eigenvalue weighted by atomic mass is 9.65. The van der Waals surface area contributed by atoms with Crippen LogP contribution in [0.5, 0.6) is 0 Å². The van der Waals surface area contributed by atoms with Crippen molar-refractivity contribution in [3.05, 3.63) is 58.5 Å². The number of allylic oxidation sites excluding steroid dienone is 4. The van der Waals surface area contributed by atoms with E-state index in [0.717, 1.165) is 47.3 Å². The molecule has 8 saturated carbocycles. The quantitative estimate of drug-likeness (QED) is 0.481. The van der Waals surface area contributed by atoms with Crippen molar-refractivity contribution in [1.82, 2.24) is 0 Å². The summed E-state index contributed by atoms with van der Waals surface area (Å²) >= 11 is 0. The Morgan fingerprint density at radius 1 is 0.448 bits per heavy atom. The van der Waals surface area contributed by atoms with Gasteiger partial charge < -0.3 is 0 Å². The molecule has 0 aromatic heterocycles. The highest BCUT2D eigenvalue weighted by Crippen LogP contribution is 2.68. The van der Waals surface area contributed by atoms with Crippen LogP contribution in [0.3, 0.4) is 0 Å². The van der Waals surface area contributed by atoms with Crippen molar-refractivity contribution in [2.45, 2.75) is 64.2 Å². The van der Waals surface area contributed by atoms with Crippen molar-refractivity contribution in [2.24, 2.45) is 47.3 Å². The smallest absolute Gasteiger partial charge is 0.0345 e. The second-order valence-corrected chi connectivity index (χ2v) is 12.0. The lowest BCUT2D eigenvalue weighted by molar-refractivity contribution is 0.140. The molecule has 8 bridgehead atoms. The van der Waals surface area contributed by atoms with Gasteiger partial charge in [0, 0.05) is 5.92 Å². The van der Waals surface area contributed by atoms with Crippen LogP contribution in [-0.2, 0) is 0 Å². The molecule has 10 rings (SSSR count). The van der Waals surface area contributed by atoms with Gasteiger partial charge in [0.25, 0.3) is 0 Å². The summed E-state index contributed by atoms with van der Waals surface area (Å²) in [4.78, 5) is 0. The highest BCUT2D eigenvalue weighted by molar-refractivity contribution is 5.91. The van der Waals surface area contributed by atoms with E-state index in [9.17, 15) is 0 Å². The molecule has 0 spiro atoms. The number of benzene rings is 1. The van der Waals surface area contributed by atoms with Gasteiger partial charge in [-0.25, -0.2) is 0 Å². The predicted molar refractivity (Wildman–Crippen MR) is 118 cm³/mol. The minimum Gasteiger partial charge on any atom is -0.0622 e. The van der Waals surface area contributed by atoms with Crippen molar-refractivity contribution >= 4 is 5.57 Å². The summed E-state index contributed by atoms with van der Waals surface area (Å²) in [5.41, 5.74) is 9.18. The molecule has 0 heterocycles. The first kappa shape index (κ1) is 16.4. The average molecular weight is 382 g/mol. The summed E-state index contributed by atoms with van der Waals surface area (Å²) in [7, 11) is 0. The van der Waals surface area contributed by atoms with Gasteiger partial charge in [0.1, 0.15) is 0 Å². The average Bonchev–Trinajstić information content (AvgIpc) is 2.88. The summed E-state index contributed by atoms with van der Waals surface area (Å²) in [6, 6.07) is 11.7. The van der Waals surface area contributed by atoms with E-state index in [4.69, 9.17) is 0 Å². The fraction of sp³-hybridized carbons (Fsp3) is 0.621. The molecule has 1 radical (unpaired) electrons. The van der Waals surface area contributed by atoms with Gasteiger partial charge in [-0.15, -0.1) is 0 Å². The third-order valence-corrected chi connectivity index (χ3v) is 10.4. The standard InChI is InChI=1S/C29H33/c1-2-4-20(5-3-1)25-26-21-8-16-6-17(9-21)13-23(12-16)28(26)29-24-14-18-7-19(15-24)11-22(10-18)27(25)29/h1-5,16-19,21-24H,6-15H2/t16-,17+,18-,19+,21?,22?,23?,24?. The molecule has 1 aromatic rings. The fourth-order valence-corrected chi connectivity index (χ4v) is 9.99. The first-order valence-electron chi connectivity index (χ1n) is 12.7. The molecule has 0 aliphatic heterocycles. The van der Waals surface area contributed by atoms with Gasteiger partial charge in [-0.05, 0) is 134 Å². The van der Waals surface area contributed by atoms with Crippen molar-refractivity contribution in [3.8, 4) is 0 Å². The van der Waals surface area contributed by atoms with Gasteiger partial charge in [0.05, 0.1) is 0 Å². The van der Waals surface area contributed by atoms with Crippen molar-refractivity contribution in [2.75, 3.05) is 0 Å². The summed E-state index contributed by atoms with van der Waals surface area (Å²) in [5.74, 6) is 9.59. The summed E-state index contributed by atoms with van der Waals surface area (Å²) in [5, 5.41) is 0. The second-order valence-electron chi connectivity index (χ2n) is 12.0. The van der Waals surface area contributed by atoms with E-state index in [1.165, 1.54) is 51.4 Å². The first-order valence-corrected chi connectivity index (χ1v) is 12.7. The van der Waals surface area contributed by atoms with Gasteiger partial charge in [-0.1, -0.05) is 35.9 Å². The molecule has 0 nitrogen and oxygen atoms in total. The molecule has 0 N–H and O–H groups in total. The Morgan fingerprint density at radius 2 is 0.931 bits per heavy atom. The van der Waals surface area contributed by atoms with Gasteiger partial charge >= 0.3 is 0 Å². The Bertz CT molecular complexity index is 904. The molecule has 9 aliphatic carbocycles. The molecule has 1 aromatic carbocycles. The molecule has 8 atom stereocenters. The van der Waals surface area contributed by atoms with Crippen molar-refractivity contribution in [1.29, 1.82) is 0 Å². The Morgan fingerprint density at radius 3 is 1.52 bits per heavy atom. The summed E-state index contributed by atoms with van der Waals surface area (Å²) < 4.78 is 0. The van der Waals surface area contributed by atoms with E-state index in [2.05, 4.69) is 30.3 Å². The van der Waals surface area contributed by atoms with Gasteiger partial charge in [-0.2, -0.15) is 0 Å². The van der Waals surface area contributed by atoms with Crippen LogP contribution >= 0.6 is 0 Å². The minimum atomic E-state index is 0.874. The molecule has 0 heteroatoms. The minimum absolute atomic E-state index is 0.874. The monoisotopic (exact) mass is 381 g/mol. The first-order chi connectivity index (χ1) is 14.3. The second kappa shape index (κ2) is 5.68. The normalized spacial score (nSPS) is 46.9. The Labute approximate surface area is 175 Å². The summed E-state index contributed by atoms with van der Waals surface area (Å²) in [6.45, 7) is 0. The maximum absolute atomic E-state index is 2.45. The highest BCUT2D eigenvalue weighted by Gasteiger charge is 2.55. The lowest BCUT2D eigenvalue weighted by Gasteiger charge is -2.39. The Kier molecular flexibility index (Phi) is 3.21. The zero-order valence-electron chi connectivity index (χ0n) is 17.6. The maximum Gasteiger partial charge on any atom is 0.0345 e. The molecule has 149 valence electrons. The molecule has 0 saturated heterocycles. The van der Waals surface area contributed by atoms with Crippen molar-refractivity contribution < 1.29 is 0 Å². The lowest BCUT2D eigenvalue weighted by Crippen LogP contribution is -2.28. The van der Waals surface area contributed by atoms with Crippen LogP contribution in [0.25, 0.3) is 5.57 Å².